The van der Waals surface area contributed by atoms with Crippen LogP contribution in [0.3, 0.4) is 0 Å². The van der Waals surface area contributed by atoms with Crippen molar-refractivity contribution in [3.05, 3.63) is 59.7 Å². The molecule has 4 rings (SSSR count). The second-order valence-electron chi connectivity index (χ2n) is 7.96. The second-order valence-corrected chi connectivity index (χ2v) is 7.96. The van der Waals surface area contributed by atoms with Crippen LogP contribution >= 0.6 is 0 Å². The first kappa shape index (κ1) is 19.4. The number of aromatic nitrogens is 2. The average Bonchev–Trinajstić information content (AvgIpc) is 3.16. The molecule has 5 nitrogen and oxygen atoms in total. The lowest BCUT2D eigenvalue weighted by Crippen LogP contribution is -2.13. The summed E-state index contributed by atoms with van der Waals surface area (Å²) in [5.41, 5.74) is 2.71. The van der Waals surface area contributed by atoms with Crippen molar-refractivity contribution in [2.45, 2.75) is 51.4 Å². The predicted octanol–water partition coefficient (Wildman–Crippen LogP) is 5.48. The van der Waals surface area contributed by atoms with Gasteiger partial charge < -0.3 is 4.98 Å². The van der Waals surface area contributed by atoms with Crippen LogP contribution in [0.1, 0.15) is 67.3 Å². The zero-order valence-electron chi connectivity index (χ0n) is 16.6. The van der Waals surface area contributed by atoms with Crippen molar-refractivity contribution in [3.8, 4) is 0 Å². The summed E-state index contributed by atoms with van der Waals surface area (Å²) < 4.78 is 0. The van der Waals surface area contributed by atoms with E-state index in [2.05, 4.69) is 15.3 Å². The number of carbonyl (C=O) groups is 2. The molecule has 150 valence electrons. The highest BCUT2D eigenvalue weighted by Gasteiger charge is 2.15. The van der Waals surface area contributed by atoms with Gasteiger partial charge in [0.05, 0.1) is 11.0 Å². The molecule has 5 heteroatoms. The molecule has 1 aliphatic rings. The van der Waals surface area contributed by atoms with Crippen molar-refractivity contribution >= 4 is 28.7 Å². The number of nitrogens with one attached hydrogen (secondary N) is 2. The normalized spacial score (nSPS) is 14.8. The topological polar surface area (TPSA) is 74.8 Å². The van der Waals surface area contributed by atoms with Gasteiger partial charge in [0.1, 0.15) is 0 Å². The van der Waals surface area contributed by atoms with Gasteiger partial charge >= 0.3 is 0 Å². The Hall–Kier alpha value is -2.95. The zero-order valence-corrected chi connectivity index (χ0v) is 16.6. The highest BCUT2D eigenvalue weighted by Crippen LogP contribution is 2.27. The summed E-state index contributed by atoms with van der Waals surface area (Å²) in [6.45, 7) is 0. The third kappa shape index (κ3) is 4.91. The average molecular weight is 389 g/mol. The van der Waals surface area contributed by atoms with Crippen molar-refractivity contribution in [3.63, 3.8) is 0 Å². The molecule has 0 spiro atoms. The van der Waals surface area contributed by atoms with Gasteiger partial charge in [0.2, 0.25) is 11.9 Å². The van der Waals surface area contributed by atoms with Crippen LogP contribution in [0.4, 0.5) is 5.95 Å². The van der Waals surface area contributed by atoms with Crippen LogP contribution in [0, 0.1) is 5.92 Å². The van der Waals surface area contributed by atoms with Gasteiger partial charge in [-0.15, -0.1) is 0 Å². The molecular weight excluding hydrogens is 362 g/mol. The number of imidazole rings is 1. The molecule has 0 radical (unpaired) electrons. The number of amides is 1. The van der Waals surface area contributed by atoms with E-state index in [0.29, 0.717) is 23.5 Å². The first-order valence-electron chi connectivity index (χ1n) is 10.6. The Labute approximate surface area is 170 Å². The van der Waals surface area contributed by atoms with Crippen LogP contribution in [0.2, 0.25) is 0 Å². The van der Waals surface area contributed by atoms with Gasteiger partial charge in [-0.05, 0) is 37.0 Å². The molecule has 2 aromatic carbocycles. The molecule has 1 saturated carbocycles. The van der Waals surface area contributed by atoms with Crippen molar-refractivity contribution < 1.29 is 9.59 Å². The number of H-pyrrole nitrogens is 1. The lowest BCUT2D eigenvalue weighted by Gasteiger charge is -2.20. The molecule has 2 N–H and O–H groups in total. The van der Waals surface area contributed by atoms with E-state index < -0.39 is 0 Å². The van der Waals surface area contributed by atoms with Gasteiger partial charge in [0.15, 0.2) is 5.78 Å². The second kappa shape index (κ2) is 9.03. The van der Waals surface area contributed by atoms with Crippen molar-refractivity contribution in [2.75, 3.05) is 5.32 Å². The molecule has 0 aliphatic heterocycles. The van der Waals surface area contributed by atoms with E-state index in [4.69, 9.17) is 0 Å². The first-order chi connectivity index (χ1) is 14.2. The van der Waals surface area contributed by atoms with Crippen LogP contribution in [-0.4, -0.2) is 21.7 Å². The summed E-state index contributed by atoms with van der Waals surface area (Å²) in [5, 5.41) is 2.86. The number of hydrogen-bond acceptors (Lipinski definition) is 3. The molecule has 1 aliphatic carbocycles. The standard InChI is InChI=1S/C24H27N3O2/c28-22(13-7-10-17-8-3-1-4-9-17)27-24-25-20-15-14-19(16-21(20)26-24)23(29)18-11-5-2-6-12-18/h2,5-6,11-12,14-17H,1,3-4,7-10,13H2,(H2,25,26,27,28). The molecule has 3 aromatic rings. The Balaban J connectivity index is 1.36. The monoisotopic (exact) mass is 389 g/mol. The van der Waals surface area contributed by atoms with E-state index in [1.165, 1.54) is 32.1 Å². The molecule has 0 bridgehead atoms. The maximum atomic E-state index is 12.6. The fourth-order valence-electron chi connectivity index (χ4n) is 4.19. The highest BCUT2D eigenvalue weighted by molar-refractivity contribution is 6.10. The fraction of sp³-hybridized carbons (Fsp3) is 0.375. The Morgan fingerprint density at radius 2 is 1.79 bits per heavy atom. The van der Waals surface area contributed by atoms with Crippen LogP contribution in [0.15, 0.2) is 48.5 Å². The van der Waals surface area contributed by atoms with Gasteiger partial charge in [0, 0.05) is 17.5 Å². The Kier molecular flexibility index (Phi) is 6.03. The van der Waals surface area contributed by atoms with E-state index >= 15 is 0 Å². The summed E-state index contributed by atoms with van der Waals surface area (Å²) in [6.07, 6.45) is 9.25. The third-order valence-corrected chi connectivity index (χ3v) is 5.78. The number of benzene rings is 2. The fourth-order valence-corrected chi connectivity index (χ4v) is 4.19. The van der Waals surface area contributed by atoms with Crippen LogP contribution in [0.25, 0.3) is 11.0 Å². The molecular formula is C24H27N3O2. The van der Waals surface area contributed by atoms with E-state index in [-0.39, 0.29) is 11.7 Å². The maximum Gasteiger partial charge on any atom is 0.226 e. The summed E-state index contributed by atoms with van der Waals surface area (Å²) in [7, 11) is 0. The van der Waals surface area contributed by atoms with Gasteiger partial charge in [-0.1, -0.05) is 62.4 Å². The number of aromatic amines is 1. The maximum absolute atomic E-state index is 12.6. The van der Waals surface area contributed by atoms with Crippen LogP contribution in [0.5, 0.6) is 0 Å². The quantitative estimate of drug-likeness (QED) is 0.525. The molecule has 1 amide bonds. The van der Waals surface area contributed by atoms with Gasteiger partial charge in [-0.2, -0.15) is 0 Å². The first-order valence-corrected chi connectivity index (χ1v) is 10.6. The number of anilines is 1. The minimum absolute atomic E-state index is 0.0135. The number of rotatable bonds is 7. The molecule has 0 atom stereocenters. The molecule has 29 heavy (non-hydrogen) atoms. The van der Waals surface area contributed by atoms with E-state index in [1.54, 1.807) is 30.3 Å². The minimum atomic E-state index is -0.0320. The van der Waals surface area contributed by atoms with Crippen molar-refractivity contribution in [1.82, 2.24) is 9.97 Å². The number of nitrogens with zero attached hydrogens (tertiary/aromatic N) is 1. The molecule has 1 aromatic heterocycles. The molecule has 0 unspecified atom stereocenters. The SMILES string of the molecule is O=C(CCCC1CCCCC1)Nc1nc2ccc(C(=O)c3ccccc3)cc2[nH]1. The lowest BCUT2D eigenvalue weighted by atomic mass is 9.86. The van der Waals surface area contributed by atoms with Gasteiger partial charge in [0.25, 0.3) is 0 Å². The van der Waals surface area contributed by atoms with Crippen LogP contribution in [-0.2, 0) is 4.79 Å². The Morgan fingerprint density at radius 3 is 2.59 bits per heavy atom. The van der Waals surface area contributed by atoms with Gasteiger partial charge in [-0.25, -0.2) is 4.98 Å². The van der Waals surface area contributed by atoms with E-state index in [9.17, 15) is 9.59 Å². The molecule has 1 heterocycles. The number of ketones is 1. The van der Waals surface area contributed by atoms with Crippen molar-refractivity contribution in [2.24, 2.45) is 5.92 Å². The number of fused-ring (bicyclic) bond motifs is 1. The van der Waals surface area contributed by atoms with E-state index in [0.717, 1.165) is 29.8 Å². The van der Waals surface area contributed by atoms with E-state index in [1.807, 2.05) is 18.2 Å². The number of hydrogen-bond donors (Lipinski definition) is 2. The van der Waals surface area contributed by atoms with Crippen LogP contribution < -0.4 is 5.32 Å². The highest BCUT2D eigenvalue weighted by atomic mass is 16.1. The largest absolute Gasteiger partial charge is 0.324 e. The Bertz CT molecular complexity index is 988. The number of carbonyl (C=O) groups excluding carboxylic acids is 2. The summed E-state index contributed by atoms with van der Waals surface area (Å²) in [6, 6.07) is 14.6. The third-order valence-electron chi connectivity index (χ3n) is 5.78. The molecule has 0 saturated heterocycles. The lowest BCUT2D eigenvalue weighted by molar-refractivity contribution is -0.116. The Morgan fingerprint density at radius 1 is 1.00 bits per heavy atom. The van der Waals surface area contributed by atoms with Crippen molar-refractivity contribution in [1.29, 1.82) is 0 Å². The molecule has 1 fully saturated rings. The van der Waals surface area contributed by atoms with Gasteiger partial charge in [-0.3, -0.25) is 14.9 Å². The summed E-state index contributed by atoms with van der Waals surface area (Å²) in [4.78, 5) is 32.4. The smallest absolute Gasteiger partial charge is 0.226 e. The zero-order chi connectivity index (χ0) is 20.1. The predicted molar refractivity (Wildman–Crippen MR) is 115 cm³/mol. The summed E-state index contributed by atoms with van der Waals surface area (Å²) in [5.74, 6) is 1.19. The minimum Gasteiger partial charge on any atom is -0.324 e. The summed E-state index contributed by atoms with van der Waals surface area (Å²) >= 11 is 0.